The second-order valence-corrected chi connectivity index (χ2v) is 6.72. The zero-order valence-corrected chi connectivity index (χ0v) is 13.0. The van der Waals surface area contributed by atoms with E-state index in [9.17, 15) is 0 Å². The van der Waals surface area contributed by atoms with Crippen molar-refractivity contribution in [2.24, 2.45) is 0 Å². The van der Waals surface area contributed by atoms with Gasteiger partial charge in [0.1, 0.15) is 0 Å². The molecular formula is C16H21N3S. The van der Waals surface area contributed by atoms with E-state index >= 15 is 0 Å². The molecule has 3 nitrogen and oxygen atoms in total. The molecule has 2 heterocycles. The van der Waals surface area contributed by atoms with Gasteiger partial charge in [-0.05, 0) is 51.2 Å². The molecule has 0 aromatic carbocycles. The Labute approximate surface area is 124 Å². The number of aryl methyl sites for hydroxylation is 3. The average Bonchev–Trinajstić information content (AvgIpc) is 2.90. The summed E-state index contributed by atoms with van der Waals surface area (Å²) in [5.41, 5.74) is 3.55. The molecule has 0 fully saturated rings. The van der Waals surface area contributed by atoms with Gasteiger partial charge in [0.25, 0.3) is 0 Å². The summed E-state index contributed by atoms with van der Waals surface area (Å²) in [7, 11) is 0. The molecular weight excluding hydrogens is 266 g/mol. The highest BCUT2D eigenvalue weighted by Gasteiger charge is 2.16. The van der Waals surface area contributed by atoms with Crippen LogP contribution in [-0.2, 0) is 19.4 Å². The Morgan fingerprint density at radius 1 is 1.25 bits per heavy atom. The van der Waals surface area contributed by atoms with Crippen molar-refractivity contribution in [2.75, 3.05) is 0 Å². The maximum Gasteiger partial charge on any atom is 0.0724 e. The van der Waals surface area contributed by atoms with Crippen LogP contribution in [0, 0.1) is 6.92 Å². The van der Waals surface area contributed by atoms with Gasteiger partial charge in [-0.25, -0.2) is 0 Å². The van der Waals surface area contributed by atoms with E-state index in [-0.39, 0.29) is 0 Å². The van der Waals surface area contributed by atoms with Gasteiger partial charge >= 0.3 is 0 Å². The highest BCUT2D eigenvalue weighted by molar-refractivity contribution is 7.12. The number of hydrogen-bond donors (Lipinski definition) is 1. The molecule has 0 radical (unpaired) electrons. The molecule has 1 atom stereocenters. The van der Waals surface area contributed by atoms with E-state index in [1.807, 2.05) is 30.7 Å². The van der Waals surface area contributed by atoms with Gasteiger partial charge in [0.15, 0.2) is 0 Å². The van der Waals surface area contributed by atoms with Crippen molar-refractivity contribution in [3.63, 3.8) is 0 Å². The predicted molar refractivity (Wildman–Crippen MR) is 83.0 cm³/mol. The van der Waals surface area contributed by atoms with Crippen molar-refractivity contribution in [1.29, 1.82) is 0 Å². The summed E-state index contributed by atoms with van der Waals surface area (Å²) in [5, 5.41) is 3.55. The monoisotopic (exact) mass is 287 g/mol. The molecule has 0 spiro atoms. The molecule has 1 aliphatic rings. The summed E-state index contributed by atoms with van der Waals surface area (Å²) in [6.45, 7) is 4.97. The van der Waals surface area contributed by atoms with Crippen molar-refractivity contribution in [2.45, 2.75) is 52.1 Å². The Morgan fingerprint density at radius 2 is 2.10 bits per heavy atom. The second kappa shape index (κ2) is 6.02. The van der Waals surface area contributed by atoms with Gasteiger partial charge in [-0.3, -0.25) is 9.97 Å². The smallest absolute Gasteiger partial charge is 0.0724 e. The van der Waals surface area contributed by atoms with Crippen molar-refractivity contribution in [1.82, 2.24) is 15.3 Å². The summed E-state index contributed by atoms with van der Waals surface area (Å²) in [6, 6.07) is 2.78. The van der Waals surface area contributed by atoms with Crippen LogP contribution in [0.1, 0.15) is 52.5 Å². The third-order valence-electron chi connectivity index (χ3n) is 3.87. The van der Waals surface area contributed by atoms with E-state index < -0.39 is 0 Å². The number of nitrogens with zero attached hydrogens (tertiary/aromatic N) is 2. The Kier molecular flexibility index (Phi) is 4.13. The minimum Gasteiger partial charge on any atom is -0.304 e. The largest absolute Gasteiger partial charge is 0.304 e. The van der Waals surface area contributed by atoms with Gasteiger partial charge in [0, 0.05) is 34.7 Å². The fourth-order valence-electron chi connectivity index (χ4n) is 2.60. The standard InChI is InChI=1S/C16H21N3S/c1-11-8-19-14(9-17-11)10-18-12(2)16-7-13-5-3-4-6-15(13)20-16/h7-9,12,18H,3-6,10H2,1-2H3. The van der Waals surface area contributed by atoms with Gasteiger partial charge in [-0.1, -0.05) is 0 Å². The van der Waals surface area contributed by atoms with E-state index in [4.69, 9.17) is 0 Å². The molecule has 0 saturated heterocycles. The lowest BCUT2D eigenvalue weighted by molar-refractivity contribution is 0.573. The van der Waals surface area contributed by atoms with Crippen LogP contribution in [0.2, 0.25) is 0 Å². The van der Waals surface area contributed by atoms with Crippen molar-refractivity contribution in [3.8, 4) is 0 Å². The topological polar surface area (TPSA) is 37.8 Å². The molecule has 0 saturated carbocycles. The van der Waals surface area contributed by atoms with Crippen molar-refractivity contribution >= 4 is 11.3 Å². The van der Waals surface area contributed by atoms with Gasteiger partial charge < -0.3 is 5.32 Å². The third kappa shape index (κ3) is 3.07. The first kappa shape index (κ1) is 13.7. The summed E-state index contributed by atoms with van der Waals surface area (Å²) in [4.78, 5) is 11.7. The van der Waals surface area contributed by atoms with E-state index in [1.165, 1.54) is 30.6 Å². The Morgan fingerprint density at radius 3 is 2.85 bits per heavy atom. The molecule has 1 unspecified atom stereocenters. The lowest BCUT2D eigenvalue weighted by Gasteiger charge is -2.11. The predicted octanol–water partition coefficient (Wildman–Crippen LogP) is 3.58. The molecule has 4 heteroatoms. The quantitative estimate of drug-likeness (QED) is 0.934. The molecule has 20 heavy (non-hydrogen) atoms. The zero-order valence-electron chi connectivity index (χ0n) is 12.1. The molecule has 3 rings (SSSR count). The zero-order chi connectivity index (χ0) is 13.9. The summed E-state index contributed by atoms with van der Waals surface area (Å²) >= 11 is 1.98. The Hall–Kier alpha value is -1.26. The molecule has 2 aromatic heterocycles. The minimum absolute atomic E-state index is 0.383. The number of rotatable bonds is 4. The maximum atomic E-state index is 4.39. The van der Waals surface area contributed by atoms with Crippen molar-refractivity contribution < 1.29 is 0 Å². The molecule has 0 amide bonds. The average molecular weight is 287 g/mol. The summed E-state index contributed by atoms with van der Waals surface area (Å²) in [5.74, 6) is 0. The number of nitrogens with one attached hydrogen (secondary N) is 1. The first-order valence-electron chi connectivity index (χ1n) is 7.35. The van der Waals surface area contributed by atoms with Crippen LogP contribution < -0.4 is 5.32 Å². The van der Waals surface area contributed by atoms with Gasteiger partial charge in [0.2, 0.25) is 0 Å². The van der Waals surface area contributed by atoms with E-state index in [2.05, 4.69) is 28.3 Å². The summed E-state index contributed by atoms with van der Waals surface area (Å²) < 4.78 is 0. The third-order valence-corrected chi connectivity index (χ3v) is 5.29. The fourth-order valence-corrected chi connectivity index (χ4v) is 3.88. The van der Waals surface area contributed by atoms with E-state index in [0.29, 0.717) is 6.04 Å². The maximum absolute atomic E-state index is 4.39. The van der Waals surface area contributed by atoms with Crippen LogP contribution in [0.5, 0.6) is 0 Å². The number of aromatic nitrogens is 2. The highest BCUT2D eigenvalue weighted by Crippen LogP contribution is 2.32. The van der Waals surface area contributed by atoms with E-state index in [1.54, 1.807) is 10.4 Å². The molecule has 1 N–H and O–H groups in total. The van der Waals surface area contributed by atoms with Crippen LogP contribution in [0.4, 0.5) is 0 Å². The van der Waals surface area contributed by atoms with Crippen LogP contribution in [-0.4, -0.2) is 9.97 Å². The minimum atomic E-state index is 0.383. The van der Waals surface area contributed by atoms with Crippen LogP contribution in [0.15, 0.2) is 18.5 Å². The van der Waals surface area contributed by atoms with Gasteiger partial charge in [-0.2, -0.15) is 0 Å². The molecule has 0 aliphatic heterocycles. The Bertz CT molecular complexity index is 550. The molecule has 0 bridgehead atoms. The van der Waals surface area contributed by atoms with Crippen LogP contribution in [0.25, 0.3) is 0 Å². The fraction of sp³-hybridized carbons (Fsp3) is 0.500. The molecule has 2 aromatic rings. The summed E-state index contributed by atoms with van der Waals surface area (Å²) in [6.07, 6.45) is 8.93. The first-order valence-corrected chi connectivity index (χ1v) is 8.16. The normalized spacial score (nSPS) is 15.9. The highest BCUT2D eigenvalue weighted by atomic mass is 32.1. The molecule has 1 aliphatic carbocycles. The van der Waals surface area contributed by atoms with Gasteiger partial charge in [-0.15, -0.1) is 11.3 Å². The van der Waals surface area contributed by atoms with Crippen molar-refractivity contribution in [3.05, 3.63) is 45.2 Å². The van der Waals surface area contributed by atoms with E-state index in [0.717, 1.165) is 17.9 Å². The number of thiophene rings is 1. The lowest BCUT2D eigenvalue weighted by atomic mass is 9.99. The van der Waals surface area contributed by atoms with Gasteiger partial charge in [0.05, 0.1) is 11.4 Å². The van der Waals surface area contributed by atoms with Crippen LogP contribution >= 0.6 is 11.3 Å². The molecule has 106 valence electrons. The number of hydrogen-bond acceptors (Lipinski definition) is 4. The lowest BCUT2D eigenvalue weighted by Crippen LogP contribution is -2.18. The SMILES string of the molecule is Cc1cnc(CNC(C)c2cc3c(s2)CCCC3)cn1. The van der Waals surface area contributed by atoms with Crippen LogP contribution in [0.3, 0.4) is 0 Å². The second-order valence-electron chi connectivity index (χ2n) is 5.56. The number of fused-ring (bicyclic) bond motifs is 1. The first-order chi connectivity index (χ1) is 9.72. The Balaban J connectivity index is 1.62.